The molecule has 0 aliphatic carbocycles. The van der Waals surface area contributed by atoms with Crippen molar-refractivity contribution in [2.45, 2.75) is 6.61 Å². The van der Waals surface area contributed by atoms with Gasteiger partial charge in [-0.15, -0.1) is 0 Å². The van der Waals surface area contributed by atoms with E-state index in [4.69, 9.17) is 9.84 Å². The number of carboxylic acid groups (broad SMARTS) is 1. The van der Waals surface area contributed by atoms with Gasteiger partial charge >= 0.3 is 5.97 Å². The van der Waals surface area contributed by atoms with Crippen molar-refractivity contribution in [3.63, 3.8) is 0 Å². The molecule has 3 rings (SSSR count). The first-order chi connectivity index (χ1) is 10.2. The third-order valence-electron chi connectivity index (χ3n) is 3.04. The molecule has 0 saturated heterocycles. The Bertz CT molecular complexity index is 797. The molecule has 5 heteroatoms. The SMILES string of the molecule is O=C(O)c1cc(COc2cccc3ncccc23)ccn1. The Balaban J connectivity index is 1.84. The number of carboxylic acids is 1. The molecule has 1 aromatic carbocycles. The minimum Gasteiger partial charge on any atom is -0.488 e. The molecule has 0 spiro atoms. The van der Waals surface area contributed by atoms with Gasteiger partial charge in [0.05, 0.1) is 5.52 Å². The van der Waals surface area contributed by atoms with Gasteiger partial charge in [-0.1, -0.05) is 6.07 Å². The highest BCUT2D eigenvalue weighted by molar-refractivity contribution is 5.85. The van der Waals surface area contributed by atoms with Gasteiger partial charge in [-0.2, -0.15) is 0 Å². The van der Waals surface area contributed by atoms with Crippen LogP contribution in [0.2, 0.25) is 0 Å². The molecule has 5 nitrogen and oxygen atoms in total. The second kappa shape index (κ2) is 5.58. The van der Waals surface area contributed by atoms with Crippen LogP contribution in [0.4, 0.5) is 0 Å². The summed E-state index contributed by atoms with van der Waals surface area (Å²) in [4.78, 5) is 18.9. The van der Waals surface area contributed by atoms with Gasteiger partial charge in [0.2, 0.25) is 0 Å². The Kier molecular flexibility index (Phi) is 3.47. The first kappa shape index (κ1) is 13.1. The van der Waals surface area contributed by atoms with Gasteiger partial charge in [0.25, 0.3) is 0 Å². The van der Waals surface area contributed by atoms with Crippen LogP contribution >= 0.6 is 0 Å². The van der Waals surface area contributed by atoms with Gasteiger partial charge in [-0.25, -0.2) is 9.78 Å². The molecule has 0 aliphatic rings. The van der Waals surface area contributed by atoms with Crippen molar-refractivity contribution in [2.75, 3.05) is 0 Å². The molecule has 0 atom stereocenters. The predicted octanol–water partition coefficient (Wildman–Crippen LogP) is 2.91. The van der Waals surface area contributed by atoms with Gasteiger partial charge in [-0.3, -0.25) is 4.98 Å². The minimum atomic E-state index is -1.05. The Hall–Kier alpha value is -2.95. The lowest BCUT2D eigenvalue weighted by molar-refractivity contribution is 0.0690. The highest BCUT2D eigenvalue weighted by Gasteiger charge is 2.06. The predicted molar refractivity (Wildman–Crippen MR) is 77.3 cm³/mol. The number of benzene rings is 1. The van der Waals surface area contributed by atoms with Gasteiger partial charge in [0.1, 0.15) is 18.1 Å². The second-order valence-electron chi connectivity index (χ2n) is 4.47. The fraction of sp³-hybridized carbons (Fsp3) is 0.0625. The average Bonchev–Trinajstić information content (AvgIpc) is 2.53. The molecule has 2 aromatic heterocycles. The van der Waals surface area contributed by atoms with Crippen LogP contribution in [0.3, 0.4) is 0 Å². The Morgan fingerprint density at radius 1 is 1.10 bits per heavy atom. The smallest absolute Gasteiger partial charge is 0.354 e. The first-order valence-corrected chi connectivity index (χ1v) is 6.39. The van der Waals surface area contributed by atoms with Crippen LogP contribution < -0.4 is 4.74 Å². The van der Waals surface area contributed by atoms with E-state index in [1.54, 1.807) is 12.3 Å². The first-order valence-electron chi connectivity index (χ1n) is 6.39. The van der Waals surface area contributed by atoms with Crippen LogP contribution in [0.5, 0.6) is 5.75 Å². The van der Waals surface area contributed by atoms with E-state index in [0.717, 1.165) is 16.5 Å². The quantitative estimate of drug-likeness (QED) is 0.795. The third-order valence-corrected chi connectivity index (χ3v) is 3.04. The third kappa shape index (κ3) is 2.81. The van der Waals surface area contributed by atoms with E-state index in [2.05, 4.69) is 9.97 Å². The van der Waals surface area contributed by atoms with E-state index >= 15 is 0 Å². The summed E-state index contributed by atoms with van der Waals surface area (Å²) in [5.74, 6) is -0.333. The fourth-order valence-corrected chi connectivity index (χ4v) is 2.04. The summed E-state index contributed by atoms with van der Waals surface area (Å²) >= 11 is 0. The molecule has 0 aliphatic heterocycles. The zero-order valence-electron chi connectivity index (χ0n) is 11.1. The minimum absolute atomic E-state index is 0.00989. The van der Waals surface area contributed by atoms with E-state index in [9.17, 15) is 4.79 Å². The number of aromatic carboxylic acids is 1. The van der Waals surface area contributed by atoms with Crippen molar-refractivity contribution in [2.24, 2.45) is 0 Å². The van der Waals surface area contributed by atoms with Crippen LogP contribution in [0.15, 0.2) is 54.9 Å². The fourth-order valence-electron chi connectivity index (χ4n) is 2.04. The summed E-state index contributed by atoms with van der Waals surface area (Å²) in [5, 5.41) is 9.85. The number of pyridine rings is 2. The molecule has 104 valence electrons. The molecule has 21 heavy (non-hydrogen) atoms. The van der Waals surface area contributed by atoms with E-state index in [-0.39, 0.29) is 12.3 Å². The number of carbonyl (C=O) groups is 1. The number of hydrogen-bond acceptors (Lipinski definition) is 4. The van der Waals surface area contributed by atoms with Crippen molar-refractivity contribution < 1.29 is 14.6 Å². The van der Waals surface area contributed by atoms with E-state index in [1.165, 1.54) is 12.3 Å². The maximum Gasteiger partial charge on any atom is 0.354 e. The Labute approximate surface area is 120 Å². The van der Waals surface area contributed by atoms with Gasteiger partial charge in [0, 0.05) is 17.8 Å². The van der Waals surface area contributed by atoms with Crippen molar-refractivity contribution in [3.05, 3.63) is 66.1 Å². The average molecular weight is 280 g/mol. The van der Waals surface area contributed by atoms with Gasteiger partial charge in [0.15, 0.2) is 0 Å². The highest BCUT2D eigenvalue weighted by Crippen LogP contribution is 2.24. The van der Waals surface area contributed by atoms with E-state index in [0.29, 0.717) is 5.75 Å². The molecule has 3 aromatic rings. The van der Waals surface area contributed by atoms with Crippen molar-refractivity contribution in [1.82, 2.24) is 9.97 Å². The Morgan fingerprint density at radius 3 is 2.86 bits per heavy atom. The molecule has 1 N–H and O–H groups in total. The van der Waals surface area contributed by atoms with Gasteiger partial charge < -0.3 is 9.84 Å². The van der Waals surface area contributed by atoms with Crippen LogP contribution in [0, 0.1) is 0 Å². The number of nitrogens with zero attached hydrogens (tertiary/aromatic N) is 2. The summed E-state index contributed by atoms with van der Waals surface area (Å²) < 4.78 is 5.78. The maximum atomic E-state index is 10.9. The number of hydrogen-bond donors (Lipinski definition) is 1. The van der Waals surface area contributed by atoms with Crippen molar-refractivity contribution in [1.29, 1.82) is 0 Å². The number of aromatic nitrogens is 2. The van der Waals surface area contributed by atoms with Crippen LogP contribution in [-0.2, 0) is 6.61 Å². The summed E-state index contributed by atoms with van der Waals surface area (Å²) in [5.41, 5.74) is 1.62. The lowest BCUT2D eigenvalue weighted by Crippen LogP contribution is -2.03. The van der Waals surface area contributed by atoms with Crippen LogP contribution in [0.1, 0.15) is 16.1 Å². The Morgan fingerprint density at radius 2 is 2.00 bits per heavy atom. The van der Waals surface area contributed by atoms with Crippen LogP contribution in [-0.4, -0.2) is 21.0 Å². The lowest BCUT2D eigenvalue weighted by atomic mass is 10.2. The van der Waals surface area contributed by atoms with Crippen molar-refractivity contribution >= 4 is 16.9 Å². The van der Waals surface area contributed by atoms with Crippen molar-refractivity contribution in [3.8, 4) is 5.75 Å². The van der Waals surface area contributed by atoms with E-state index in [1.807, 2.05) is 30.3 Å². The largest absolute Gasteiger partial charge is 0.488 e. The molecule has 0 radical (unpaired) electrons. The standard InChI is InChI=1S/C16H12N2O3/c19-16(20)14-9-11(6-8-18-14)10-21-15-5-1-4-13-12(15)3-2-7-17-13/h1-9H,10H2,(H,19,20). The maximum absolute atomic E-state index is 10.9. The summed E-state index contributed by atoms with van der Waals surface area (Å²) in [7, 11) is 0. The summed E-state index contributed by atoms with van der Waals surface area (Å²) in [6.45, 7) is 0.275. The molecule has 0 amide bonds. The molecule has 0 unspecified atom stereocenters. The summed E-state index contributed by atoms with van der Waals surface area (Å²) in [6.07, 6.45) is 3.20. The molecular formula is C16H12N2O3. The normalized spacial score (nSPS) is 10.5. The van der Waals surface area contributed by atoms with E-state index < -0.39 is 5.97 Å². The molecule has 0 saturated carbocycles. The molecule has 0 bridgehead atoms. The molecular weight excluding hydrogens is 268 g/mol. The zero-order valence-corrected chi connectivity index (χ0v) is 11.1. The van der Waals surface area contributed by atoms with Crippen LogP contribution in [0.25, 0.3) is 10.9 Å². The lowest BCUT2D eigenvalue weighted by Gasteiger charge is -2.09. The number of ether oxygens (including phenoxy) is 1. The number of fused-ring (bicyclic) bond motifs is 1. The van der Waals surface area contributed by atoms with Gasteiger partial charge in [-0.05, 0) is 42.0 Å². The molecule has 2 heterocycles. The highest BCUT2D eigenvalue weighted by atomic mass is 16.5. The number of rotatable bonds is 4. The second-order valence-corrected chi connectivity index (χ2v) is 4.47. The summed E-state index contributed by atoms with van der Waals surface area (Å²) in [6, 6.07) is 12.7. The topological polar surface area (TPSA) is 72.3 Å². The molecule has 0 fully saturated rings. The zero-order chi connectivity index (χ0) is 14.7. The monoisotopic (exact) mass is 280 g/mol.